The van der Waals surface area contributed by atoms with Crippen LogP contribution in [0.4, 0.5) is 0 Å². The van der Waals surface area contributed by atoms with E-state index in [9.17, 15) is 9.59 Å². The summed E-state index contributed by atoms with van der Waals surface area (Å²) in [7, 11) is 0. The third kappa shape index (κ3) is 9.09. The third-order valence-corrected chi connectivity index (χ3v) is 2.25. The number of carbonyl (C=O) groups is 2. The minimum absolute atomic E-state index is 0.0135. The first-order chi connectivity index (χ1) is 6.02. The summed E-state index contributed by atoms with van der Waals surface area (Å²) in [4.78, 5) is 20.1. The molecule has 0 heterocycles. The fraction of sp³-hybridized carbons (Fsp3) is 0.500. The second-order valence-corrected chi connectivity index (χ2v) is 3.80. The van der Waals surface area contributed by atoms with E-state index < -0.39 is 11.9 Å². The predicted molar refractivity (Wildman–Crippen MR) is 52.9 cm³/mol. The van der Waals surface area contributed by atoms with E-state index in [1.165, 1.54) is 0 Å². The monoisotopic (exact) mass is 223 g/mol. The fourth-order valence-corrected chi connectivity index (χ4v) is 1.39. The minimum Gasteiger partial charge on any atom is -0.481 e. The zero-order valence-corrected chi connectivity index (χ0v) is 8.28. The molecule has 0 saturated heterocycles. The van der Waals surface area contributed by atoms with Crippen LogP contribution >= 0.6 is 24.0 Å². The van der Waals surface area contributed by atoms with Gasteiger partial charge in [0.15, 0.2) is 0 Å². The van der Waals surface area contributed by atoms with Crippen molar-refractivity contribution in [2.24, 2.45) is 0 Å². The Morgan fingerprint density at radius 1 is 1.31 bits per heavy atom. The summed E-state index contributed by atoms with van der Waals surface area (Å²) in [5, 5.41) is 19.0. The van der Waals surface area contributed by atoms with Crippen molar-refractivity contribution in [3.63, 3.8) is 0 Å². The van der Waals surface area contributed by atoms with Gasteiger partial charge >= 0.3 is 11.9 Å². The van der Waals surface area contributed by atoms with E-state index in [2.05, 4.69) is 5.32 Å². The van der Waals surface area contributed by atoms with Crippen LogP contribution in [0.25, 0.3) is 0 Å². The van der Waals surface area contributed by atoms with Crippen LogP contribution in [0.1, 0.15) is 6.42 Å². The van der Waals surface area contributed by atoms with Gasteiger partial charge in [-0.1, -0.05) is 24.0 Å². The molecule has 7 heteroatoms. The summed E-state index contributed by atoms with van der Waals surface area (Å²) in [5.74, 6) is -1.55. The third-order valence-electron chi connectivity index (χ3n) is 0.933. The molecular weight excluding hydrogens is 214 g/mol. The molecule has 0 aliphatic carbocycles. The molecule has 0 aromatic heterocycles. The number of hydrogen-bond acceptors (Lipinski definition) is 4. The van der Waals surface area contributed by atoms with Crippen LogP contribution in [0.3, 0.4) is 0 Å². The van der Waals surface area contributed by atoms with Crippen molar-refractivity contribution in [1.82, 2.24) is 5.32 Å². The number of thioether (sulfide) groups is 1. The smallest absolute Gasteiger partial charge is 0.322 e. The molecule has 0 rings (SSSR count). The van der Waals surface area contributed by atoms with Gasteiger partial charge in [0.05, 0.1) is 6.42 Å². The summed E-state index contributed by atoms with van der Waals surface area (Å²) in [6.45, 7) is -0.237. The number of hydrogen-bond donors (Lipinski definition) is 3. The molecule has 0 aromatic rings. The number of nitrogens with one attached hydrogen (secondary N) is 1. The molecule has 0 aromatic carbocycles. The van der Waals surface area contributed by atoms with Gasteiger partial charge in [0, 0.05) is 5.75 Å². The van der Waals surface area contributed by atoms with E-state index in [0.29, 0.717) is 10.1 Å². The molecule has 0 aliphatic rings. The van der Waals surface area contributed by atoms with E-state index in [0.717, 1.165) is 11.8 Å². The molecule has 5 nitrogen and oxygen atoms in total. The highest BCUT2D eigenvalue weighted by Gasteiger charge is 2.02. The quantitative estimate of drug-likeness (QED) is 0.572. The van der Waals surface area contributed by atoms with Crippen LogP contribution in [-0.2, 0) is 9.59 Å². The summed E-state index contributed by atoms with van der Waals surface area (Å²) in [5.41, 5.74) is 0. The van der Waals surface area contributed by atoms with E-state index >= 15 is 0 Å². The Labute approximate surface area is 84.5 Å². The molecular formula is C6H9NO4S2. The summed E-state index contributed by atoms with van der Waals surface area (Å²) < 4.78 is 0.309. The number of carboxylic acid groups (broad SMARTS) is 2. The average molecular weight is 223 g/mol. The van der Waals surface area contributed by atoms with Gasteiger partial charge in [-0.15, -0.1) is 0 Å². The summed E-state index contributed by atoms with van der Waals surface area (Å²) in [6.07, 6.45) is 0.0135. The maximum atomic E-state index is 10.1. The molecule has 0 fully saturated rings. The van der Waals surface area contributed by atoms with Gasteiger partial charge in [-0.25, -0.2) is 0 Å². The second-order valence-electron chi connectivity index (χ2n) is 2.03. The second kappa shape index (κ2) is 6.67. The molecule has 0 bridgehead atoms. The lowest BCUT2D eigenvalue weighted by Gasteiger charge is -2.02. The first kappa shape index (κ1) is 12.2. The topological polar surface area (TPSA) is 86.6 Å². The van der Waals surface area contributed by atoms with Crippen LogP contribution < -0.4 is 5.32 Å². The Morgan fingerprint density at radius 2 is 1.92 bits per heavy atom. The SMILES string of the molecule is O=C(O)CCSC(=S)NCC(=O)O. The number of carboxylic acids is 2. The lowest BCUT2D eigenvalue weighted by atomic mass is 10.5. The Kier molecular flexibility index (Phi) is 6.25. The highest BCUT2D eigenvalue weighted by molar-refractivity contribution is 8.22. The maximum Gasteiger partial charge on any atom is 0.322 e. The Balaban J connectivity index is 3.41. The van der Waals surface area contributed by atoms with E-state index in [4.69, 9.17) is 22.4 Å². The molecule has 13 heavy (non-hydrogen) atoms. The molecule has 3 N–H and O–H groups in total. The molecule has 0 amide bonds. The number of thiocarbonyl (C=S) groups is 1. The average Bonchev–Trinajstić information content (AvgIpc) is 2.00. The Morgan fingerprint density at radius 3 is 2.38 bits per heavy atom. The van der Waals surface area contributed by atoms with Gasteiger partial charge in [0.25, 0.3) is 0 Å². The molecule has 0 saturated carbocycles. The van der Waals surface area contributed by atoms with Crippen LogP contribution in [0.2, 0.25) is 0 Å². The fourth-order valence-electron chi connectivity index (χ4n) is 0.430. The van der Waals surface area contributed by atoms with Crippen LogP contribution in [0, 0.1) is 0 Å². The summed E-state index contributed by atoms with van der Waals surface area (Å²) >= 11 is 5.84. The van der Waals surface area contributed by atoms with E-state index in [1.807, 2.05) is 0 Å². The highest BCUT2D eigenvalue weighted by atomic mass is 32.2. The molecule has 0 spiro atoms. The highest BCUT2D eigenvalue weighted by Crippen LogP contribution is 2.03. The maximum absolute atomic E-state index is 10.1. The van der Waals surface area contributed by atoms with Gasteiger partial charge < -0.3 is 15.5 Å². The zero-order chi connectivity index (χ0) is 10.3. The van der Waals surface area contributed by atoms with Crippen molar-refractivity contribution in [3.8, 4) is 0 Å². The molecule has 0 aliphatic heterocycles. The lowest BCUT2D eigenvalue weighted by Crippen LogP contribution is -2.25. The normalized spacial score (nSPS) is 9.23. The lowest BCUT2D eigenvalue weighted by molar-refractivity contribution is -0.137. The predicted octanol–water partition coefficient (Wildman–Crippen LogP) is 0.153. The zero-order valence-electron chi connectivity index (χ0n) is 6.65. The van der Waals surface area contributed by atoms with Crippen molar-refractivity contribution in [2.45, 2.75) is 6.42 Å². The molecule has 0 atom stereocenters. The van der Waals surface area contributed by atoms with Crippen LogP contribution in [0.15, 0.2) is 0 Å². The first-order valence-corrected chi connectivity index (χ1v) is 4.76. The van der Waals surface area contributed by atoms with Gasteiger partial charge in [0.1, 0.15) is 10.9 Å². The van der Waals surface area contributed by atoms with Crippen LogP contribution in [0.5, 0.6) is 0 Å². The molecule has 74 valence electrons. The summed E-state index contributed by atoms with van der Waals surface area (Å²) in [6, 6.07) is 0. The molecule has 0 radical (unpaired) electrons. The largest absolute Gasteiger partial charge is 0.481 e. The Hall–Kier alpha value is -0.820. The Bertz CT molecular complexity index is 219. The standard InChI is InChI=1S/C6H9NO4S2/c8-4(9)1-2-13-6(12)7-3-5(10)11/h1-3H2,(H,7,12)(H,8,9)(H,10,11). The van der Waals surface area contributed by atoms with Crippen molar-refractivity contribution in [2.75, 3.05) is 12.3 Å². The van der Waals surface area contributed by atoms with Crippen molar-refractivity contribution in [1.29, 1.82) is 0 Å². The van der Waals surface area contributed by atoms with E-state index in [-0.39, 0.29) is 13.0 Å². The van der Waals surface area contributed by atoms with E-state index in [1.54, 1.807) is 0 Å². The van der Waals surface area contributed by atoms with Gasteiger partial charge in [0.2, 0.25) is 0 Å². The first-order valence-electron chi connectivity index (χ1n) is 3.36. The van der Waals surface area contributed by atoms with Crippen LogP contribution in [-0.4, -0.2) is 38.8 Å². The molecule has 0 unspecified atom stereocenters. The van der Waals surface area contributed by atoms with Gasteiger partial charge in [-0.05, 0) is 0 Å². The van der Waals surface area contributed by atoms with Crippen molar-refractivity contribution < 1.29 is 19.8 Å². The van der Waals surface area contributed by atoms with Gasteiger partial charge in [-0.3, -0.25) is 9.59 Å². The van der Waals surface area contributed by atoms with Gasteiger partial charge in [-0.2, -0.15) is 0 Å². The number of rotatable bonds is 5. The minimum atomic E-state index is -0.999. The number of aliphatic carboxylic acids is 2. The van der Waals surface area contributed by atoms with Crippen molar-refractivity contribution >= 4 is 40.2 Å². The van der Waals surface area contributed by atoms with Crippen molar-refractivity contribution in [3.05, 3.63) is 0 Å².